The number of fused-ring (bicyclic) bond motifs is 1. The SMILES string of the molecule is C.C/C=C\C=C/c1cn(-c2nc(CN)c(Nc3ccccc3)c(-c3ccccc3)n2)c2ccc(-c3ccc(N(C)c4ccccc4)c(-c4ccccc4)c3)cc12. The molecule has 3 N–H and O–H groups in total. The molecule has 0 fully saturated rings. The summed E-state index contributed by atoms with van der Waals surface area (Å²) in [7, 11) is 2.13. The third kappa shape index (κ3) is 7.65. The average molecular weight is 731 g/mol. The second-order valence-corrected chi connectivity index (χ2v) is 13.3. The third-order valence-electron chi connectivity index (χ3n) is 9.81. The first-order valence-electron chi connectivity index (χ1n) is 18.5. The van der Waals surface area contributed by atoms with Crippen molar-refractivity contribution in [1.82, 2.24) is 14.5 Å². The van der Waals surface area contributed by atoms with Crippen molar-refractivity contribution in [3.05, 3.63) is 193 Å². The molecule has 0 bridgehead atoms. The smallest absolute Gasteiger partial charge is 0.235 e. The van der Waals surface area contributed by atoms with Crippen LogP contribution in [0.25, 0.3) is 56.4 Å². The van der Waals surface area contributed by atoms with Crippen molar-refractivity contribution < 1.29 is 0 Å². The number of para-hydroxylation sites is 2. The summed E-state index contributed by atoms with van der Waals surface area (Å²) in [6.45, 7) is 2.26. The van der Waals surface area contributed by atoms with E-state index in [1.165, 1.54) is 0 Å². The van der Waals surface area contributed by atoms with Crippen molar-refractivity contribution in [3.8, 4) is 39.5 Å². The summed E-state index contributed by atoms with van der Waals surface area (Å²) in [5, 5.41) is 4.67. The van der Waals surface area contributed by atoms with Crippen LogP contribution in [0, 0.1) is 0 Å². The number of nitrogens with two attached hydrogens (primary N) is 1. The number of aromatic nitrogens is 3. The number of hydrogen-bond donors (Lipinski definition) is 2. The Morgan fingerprint density at radius 2 is 1.30 bits per heavy atom. The van der Waals surface area contributed by atoms with Gasteiger partial charge < -0.3 is 16.0 Å². The normalized spacial score (nSPS) is 11.3. The molecule has 56 heavy (non-hydrogen) atoms. The summed E-state index contributed by atoms with van der Waals surface area (Å²) < 4.78 is 2.08. The summed E-state index contributed by atoms with van der Waals surface area (Å²) in [5.74, 6) is 0.556. The van der Waals surface area contributed by atoms with Crippen LogP contribution in [-0.4, -0.2) is 21.6 Å². The lowest BCUT2D eigenvalue weighted by molar-refractivity contribution is 0.902. The van der Waals surface area contributed by atoms with Crippen LogP contribution in [0.5, 0.6) is 0 Å². The molecule has 8 rings (SSSR count). The van der Waals surface area contributed by atoms with E-state index in [1.54, 1.807) is 0 Å². The quantitative estimate of drug-likeness (QED) is 0.130. The van der Waals surface area contributed by atoms with Crippen LogP contribution in [0.4, 0.5) is 22.7 Å². The second-order valence-electron chi connectivity index (χ2n) is 13.3. The van der Waals surface area contributed by atoms with Gasteiger partial charge in [0.25, 0.3) is 0 Å². The van der Waals surface area contributed by atoms with E-state index in [0.717, 1.165) is 78.4 Å². The first-order chi connectivity index (χ1) is 27.1. The molecular formula is C50H46N6. The second kappa shape index (κ2) is 17.0. The molecule has 0 aliphatic carbocycles. The van der Waals surface area contributed by atoms with Gasteiger partial charge in [0.05, 0.1) is 22.6 Å². The molecule has 2 heterocycles. The Kier molecular flexibility index (Phi) is 11.3. The van der Waals surface area contributed by atoms with Crippen molar-refractivity contribution in [2.45, 2.75) is 20.9 Å². The molecule has 2 aromatic heterocycles. The zero-order valence-corrected chi connectivity index (χ0v) is 31.0. The Labute approximate surface area is 330 Å². The van der Waals surface area contributed by atoms with Crippen LogP contribution in [-0.2, 0) is 6.54 Å². The zero-order valence-electron chi connectivity index (χ0n) is 31.0. The molecule has 6 heteroatoms. The molecule has 8 aromatic rings. The Morgan fingerprint density at radius 1 is 0.679 bits per heavy atom. The molecule has 0 unspecified atom stereocenters. The van der Waals surface area contributed by atoms with E-state index < -0.39 is 0 Å². The van der Waals surface area contributed by atoms with Crippen LogP contribution >= 0.6 is 0 Å². The lowest BCUT2D eigenvalue weighted by Crippen LogP contribution is -2.12. The van der Waals surface area contributed by atoms with Crippen molar-refractivity contribution in [2.75, 3.05) is 17.3 Å². The number of hydrogen-bond acceptors (Lipinski definition) is 5. The Hall–Kier alpha value is -7.02. The van der Waals surface area contributed by atoms with Gasteiger partial charge in [0.1, 0.15) is 0 Å². The largest absolute Gasteiger partial charge is 0.352 e. The topological polar surface area (TPSA) is 72.0 Å². The van der Waals surface area contributed by atoms with Gasteiger partial charge in [0.15, 0.2) is 0 Å². The van der Waals surface area contributed by atoms with E-state index in [-0.39, 0.29) is 14.0 Å². The highest BCUT2D eigenvalue weighted by Crippen LogP contribution is 2.39. The van der Waals surface area contributed by atoms with Crippen LogP contribution in [0.15, 0.2) is 182 Å². The number of rotatable bonds is 11. The van der Waals surface area contributed by atoms with Gasteiger partial charge >= 0.3 is 0 Å². The van der Waals surface area contributed by atoms with Gasteiger partial charge in [-0.25, -0.2) is 9.97 Å². The Balaban J connectivity index is 0.00000480. The fourth-order valence-corrected chi connectivity index (χ4v) is 7.00. The number of allylic oxidation sites excluding steroid dienone is 3. The lowest BCUT2D eigenvalue weighted by Gasteiger charge is -2.24. The summed E-state index contributed by atoms with van der Waals surface area (Å²) >= 11 is 0. The summed E-state index contributed by atoms with van der Waals surface area (Å²) in [6, 6.07) is 54.7. The van der Waals surface area contributed by atoms with Crippen LogP contribution in [0.3, 0.4) is 0 Å². The van der Waals surface area contributed by atoms with Gasteiger partial charge in [-0.3, -0.25) is 4.57 Å². The predicted molar refractivity (Wildman–Crippen MR) is 238 cm³/mol. The minimum atomic E-state index is 0. The zero-order chi connectivity index (χ0) is 37.6. The highest BCUT2D eigenvalue weighted by atomic mass is 15.2. The Morgan fingerprint density at radius 3 is 1.98 bits per heavy atom. The molecule has 0 radical (unpaired) electrons. The van der Waals surface area contributed by atoms with Gasteiger partial charge in [0, 0.05) is 58.9 Å². The molecule has 0 saturated heterocycles. The number of benzene rings is 6. The number of nitrogens with one attached hydrogen (secondary N) is 1. The first kappa shape index (κ1) is 37.3. The fraction of sp³-hybridized carbons (Fsp3) is 0.0800. The highest BCUT2D eigenvalue weighted by Gasteiger charge is 2.20. The lowest BCUT2D eigenvalue weighted by atomic mass is 9.95. The Bertz CT molecular complexity index is 2610. The molecule has 0 aliphatic heterocycles. The molecule has 0 aliphatic rings. The van der Waals surface area contributed by atoms with E-state index in [1.807, 2.05) is 73.7 Å². The molecule has 0 saturated carbocycles. The van der Waals surface area contributed by atoms with Gasteiger partial charge in [-0.1, -0.05) is 141 Å². The predicted octanol–water partition coefficient (Wildman–Crippen LogP) is 12.6. The van der Waals surface area contributed by atoms with Crippen molar-refractivity contribution in [3.63, 3.8) is 0 Å². The molecule has 0 spiro atoms. The molecule has 6 aromatic carbocycles. The number of anilines is 4. The maximum Gasteiger partial charge on any atom is 0.235 e. The van der Waals surface area contributed by atoms with Crippen molar-refractivity contribution >= 4 is 39.7 Å². The molecule has 0 atom stereocenters. The van der Waals surface area contributed by atoms with Gasteiger partial charge in [-0.2, -0.15) is 0 Å². The van der Waals surface area contributed by atoms with E-state index in [2.05, 4.69) is 143 Å². The minimum absolute atomic E-state index is 0. The minimum Gasteiger partial charge on any atom is -0.352 e. The summed E-state index contributed by atoms with van der Waals surface area (Å²) in [6.07, 6.45) is 10.4. The van der Waals surface area contributed by atoms with E-state index in [0.29, 0.717) is 5.95 Å². The van der Waals surface area contributed by atoms with Gasteiger partial charge in [-0.15, -0.1) is 0 Å². The van der Waals surface area contributed by atoms with Crippen LogP contribution in [0.2, 0.25) is 0 Å². The highest BCUT2D eigenvalue weighted by molar-refractivity contribution is 5.95. The summed E-state index contributed by atoms with van der Waals surface area (Å²) in [5.41, 5.74) is 19.6. The number of nitrogens with zero attached hydrogens (tertiary/aromatic N) is 4. The molecule has 0 amide bonds. The molecular weight excluding hydrogens is 685 g/mol. The van der Waals surface area contributed by atoms with Crippen LogP contribution in [0.1, 0.15) is 25.6 Å². The first-order valence-corrected chi connectivity index (χ1v) is 18.5. The van der Waals surface area contributed by atoms with Crippen molar-refractivity contribution in [2.24, 2.45) is 5.73 Å². The summed E-state index contributed by atoms with van der Waals surface area (Å²) in [4.78, 5) is 12.6. The van der Waals surface area contributed by atoms with Crippen LogP contribution < -0.4 is 16.0 Å². The fourth-order valence-electron chi connectivity index (χ4n) is 7.00. The van der Waals surface area contributed by atoms with Crippen molar-refractivity contribution in [1.29, 1.82) is 0 Å². The van der Waals surface area contributed by atoms with E-state index >= 15 is 0 Å². The van der Waals surface area contributed by atoms with E-state index in [4.69, 9.17) is 15.7 Å². The average Bonchev–Trinajstić information content (AvgIpc) is 3.62. The molecule has 276 valence electrons. The van der Waals surface area contributed by atoms with E-state index in [9.17, 15) is 0 Å². The maximum atomic E-state index is 6.44. The maximum absolute atomic E-state index is 6.44. The van der Waals surface area contributed by atoms with Gasteiger partial charge in [0.2, 0.25) is 5.95 Å². The van der Waals surface area contributed by atoms with Gasteiger partial charge in [-0.05, 0) is 72.1 Å². The third-order valence-corrected chi connectivity index (χ3v) is 9.81. The molecule has 6 nitrogen and oxygen atoms in total. The standard InChI is InChI=1S/C49H42N6.CH4/c1-3-4-9-22-39-34-55(49-52-44(33-50)48(51-40-23-14-7-15-24-40)47(53-49)36-20-12-6-13-21-36)46-30-28-38(32-43(39)46)37-27-29-45(54(2)41-25-16-8-17-26-41)42(31-37)35-18-10-5-11-19-35;/h3-32,34,51H,33,50H2,1-2H3;1H4/b4-3-,22-9-;. The monoisotopic (exact) mass is 730 g/mol.